The number of aromatic nitrogens is 2. The zero-order valence-corrected chi connectivity index (χ0v) is 14.2. The minimum Gasteiger partial charge on any atom is -0.333 e. The van der Waals surface area contributed by atoms with Crippen LogP contribution < -0.4 is 5.32 Å². The van der Waals surface area contributed by atoms with Crippen LogP contribution in [0, 0.1) is 13.8 Å². The summed E-state index contributed by atoms with van der Waals surface area (Å²) in [7, 11) is 0. The molecule has 1 atom stereocenters. The van der Waals surface area contributed by atoms with Gasteiger partial charge in [0.2, 0.25) is 5.91 Å². The van der Waals surface area contributed by atoms with Crippen LogP contribution in [0.15, 0.2) is 47.6 Å². The van der Waals surface area contributed by atoms with Crippen molar-refractivity contribution < 1.29 is 4.79 Å². The smallest absolute Gasteiger partial charge is 0.237 e. The fourth-order valence-electron chi connectivity index (χ4n) is 2.34. The van der Waals surface area contributed by atoms with Gasteiger partial charge in [-0.2, -0.15) is 0 Å². The predicted molar refractivity (Wildman–Crippen MR) is 96.0 cm³/mol. The van der Waals surface area contributed by atoms with Crippen molar-refractivity contribution in [2.45, 2.75) is 31.2 Å². The molecule has 0 aliphatic carbocycles. The molecule has 118 valence electrons. The van der Waals surface area contributed by atoms with E-state index in [-0.39, 0.29) is 11.2 Å². The Bertz CT molecular complexity index is 856. The van der Waals surface area contributed by atoms with Gasteiger partial charge in [0.15, 0.2) is 5.16 Å². The number of amides is 1. The average Bonchev–Trinajstić information content (AvgIpc) is 2.88. The number of aryl methyl sites for hydroxylation is 2. The van der Waals surface area contributed by atoms with Crippen molar-refractivity contribution in [3.8, 4) is 0 Å². The highest BCUT2D eigenvalue weighted by molar-refractivity contribution is 8.00. The molecule has 2 aromatic carbocycles. The Kier molecular flexibility index (Phi) is 4.39. The summed E-state index contributed by atoms with van der Waals surface area (Å²) < 4.78 is 0. The predicted octanol–water partition coefficient (Wildman–Crippen LogP) is 4.30. The lowest BCUT2D eigenvalue weighted by atomic mass is 10.2. The second-order valence-corrected chi connectivity index (χ2v) is 7.01. The van der Waals surface area contributed by atoms with Crippen LogP contribution in [-0.2, 0) is 4.79 Å². The number of imidazole rings is 1. The molecule has 3 rings (SSSR count). The third-order valence-corrected chi connectivity index (χ3v) is 4.54. The van der Waals surface area contributed by atoms with Gasteiger partial charge in [0.1, 0.15) is 0 Å². The lowest BCUT2D eigenvalue weighted by Crippen LogP contribution is -2.22. The number of carbonyl (C=O) groups is 1. The topological polar surface area (TPSA) is 57.8 Å². The van der Waals surface area contributed by atoms with Crippen LogP contribution in [0.3, 0.4) is 0 Å². The summed E-state index contributed by atoms with van der Waals surface area (Å²) in [5, 5.41) is 3.47. The first-order chi connectivity index (χ1) is 11.0. The lowest BCUT2D eigenvalue weighted by molar-refractivity contribution is -0.115. The second kappa shape index (κ2) is 6.46. The number of carbonyl (C=O) groups excluding carboxylic acids is 1. The largest absolute Gasteiger partial charge is 0.333 e. The first-order valence-corrected chi connectivity index (χ1v) is 8.40. The number of hydrogen-bond donors (Lipinski definition) is 2. The molecule has 5 heteroatoms. The van der Waals surface area contributed by atoms with Crippen LogP contribution in [0.5, 0.6) is 0 Å². The maximum Gasteiger partial charge on any atom is 0.237 e. The molecule has 0 spiro atoms. The number of benzene rings is 2. The fraction of sp³-hybridized carbons (Fsp3) is 0.222. The highest BCUT2D eigenvalue weighted by atomic mass is 32.2. The van der Waals surface area contributed by atoms with Crippen LogP contribution in [0.4, 0.5) is 5.69 Å². The van der Waals surface area contributed by atoms with E-state index in [4.69, 9.17) is 0 Å². The zero-order valence-electron chi connectivity index (χ0n) is 13.4. The molecule has 0 fully saturated rings. The molecule has 1 aromatic heterocycles. The Morgan fingerprint density at radius 3 is 2.74 bits per heavy atom. The van der Waals surface area contributed by atoms with Gasteiger partial charge in [0, 0.05) is 5.69 Å². The first-order valence-electron chi connectivity index (χ1n) is 7.52. The number of nitrogens with one attached hydrogen (secondary N) is 2. The van der Waals surface area contributed by atoms with E-state index in [9.17, 15) is 4.79 Å². The van der Waals surface area contributed by atoms with Crippen LogP contribution in [0.25, 0.3) is 11.0 Å². The molecule has 0 aliphatic rings. The number of fused-ring (bicyclic) bond motifs is 1. The molecule has 0 radical (unpaired) electrons. The van der Waals surface area contributed by atoms with Gasteiger partial charge in [-0.05, 0) is 56.2 Å². The van der Waals surface area contributed by atoms with Crippen molar-refractivity contribution in [2.24, 2.45) is 0 Å². The normalized spacial score (nSPS) is 12.3. The molecule has 3 aromatic rings. The Morgan fingerprint density at radius 2 is 1.96 bits per heavy atom. The molecule has 1 heterocycles. The number of H-pyrrole nitrogens is 1. The molecule has 4 nitrogen and oxygen atoms in total. The highest BCUT2D eigenvalue weighted by Crippen LogP contribution is 2.25. The SMILES string of the molecule is Cc1cccc(NC(=O)[C@H](C)Sc2nc3ccc(C)cc3[nH]2)c1. The number of aromatic amines is 1. The van der Waals surface area contributed by atoms with Gasteiger partial charge in [-0.15, -0.1) is 0 Å². The van der Waals surface area contributed by atoms with Crippen LogP contribution in [-0.4, -0.2) is 21.1 Å². The monoisotopic (exact) mass is 325 g/mol. The van der Waals surface area contributed by atoms with Crippen molar-refractivity contribution in [2.75, 3.05) is 5.32 Å². The molecule has 1 amide bonds. The first kappa shape index (κ1) is 15.6. The fourth-order valence-corrected chi connectivity index (χ4v) is 3.16. The van der Waals surface area contributed by atoms with Gasteiger partial charge in [-0.1, -0.05) is 30.0 Å². The summed E-state index contributed by atoms with van der Waals surface area (Å²) in [6.07, 6.45) is 0. The van der Waals surface area contributed by atoms with Crippen molar-refractivity contribution in [3.63, 3.8) is 0 Å². The van der Waals surface area contributed by atoms with Gasteiger partial charge in [-0.3, -0.25) is 4.79 Å². The Labute approximate surface area is 139 Å². The van der Waals surface area contributed by atoms with Gasteiger partial charge in [0.25, 0.3) is 0 Å². The molecule has 2 N–H and O–H groups in total. The van der Waals surface area contributed by atoms with E-state index < -0.39 is 0 Å². The third kappa shape index (κ3) is 3.74. The van der Waals surface area contributed by atoms with E-state index in [0.29, 0.717) is 0 Å². The zero-order chi connectivity index (χ0) is 16.4. The van der Waals surface area contributed by atoms with Gasteiger partial charge >= 0.3 is 0 Å². The number of nitrogens with zero attached hydrogens (tertiary/aromatic N) is 1. The molecule has 0 bridgehead atoms. The van der Waals surface area contributed by atoms with E-state index in [1.807, 2.05) is 57.2 Å². The summed E-state index contributed by atoms with van der Waals surface area (Å²) >= 11 is 1.43. The van der Waals surface area contributed by atoms with E-state index in [2.05, 4.69) is 21.4 Å². The minimum absolute atomic E-state index is 0.0303. The van der Waals surface area contributed by atoms with Crippen LogP contribution in [0.1, 0.15) is 18.1 Å². The van der Waals surface area contributed by atoms with E-state index in [1.54, 1.807) is 0 Å². The number of anilines is 1. The van der Waals surface area contributed by atoms with Crippen molar-refractivity contribution in [1.29, 1.82) is 0 Å². The summed E-state index contributed by atoms with van der Waals surface area (Å²) in [4.78, 5) is 20.1. The van der Waals surface area contributed by atoms with Gasteiger partial charge < -0.3 is 10.3 Å². The third-order valence-electron chi connectivity index (χ3n) is 3.56. The van der Waals surface area contributed by atoms with Gasteiger partial charge in [0.05, 0.1) is 16.3 Å². The molecular formula is C18H19N3OS. The average molecular weight is 325 g/mol. The molecule has 0 saturated carbocycles. The summed E-state index contributed by atoms with van der Waals surface area (Å²) in [5.41, 5.74) is 5.05. The van der Waals surface area contributed by atoms with E-state index in [1.165, 1.54) is 17.3 Å². The molecule has 0 saturated heterocycles. The van der Waals surface area contributed by atoms with Crippen molar-refractivity contribution in [1.82, 2.24) is 9.97 Å². The number of rotatable bonds is 4. The summed E-state index contributed by atoms with van der Waals surface area (Å²) in [5.74, 6) is -0.0303. The lowest BCUT2D eigenvalue weighted by Gasteiger charge is -2.10. The quantitative estimate of drug-likeness (QED) is 0.703. The number of hydrogen-bond acceptors (Lipinski definition) is 3. The summed E-state index contributed by atoms with van der Waals surface area (Å²) in [6, 6.07) is 13.9. The molecule has 23 heavy (non-hydrogen) atoms. The Hall–Kier alpha value is -2.27. The maximum absolute atomic E-state index is 12.3. The van der Waals surface area contributed by atoms with E-state index in [0.717, 1.165) is 27.4 Å². The molecular weight excluding hydrogens is 306 g/mol. The minimum atomic E-state index is -0.239. The van der Waals surface area contributed by atoms with Crippen molar-refractivity contribution in [3.05, 3.63) is 53.6 Å². The Balaban J connectivity index is 1.69. The van der Waals surface area contributed by atoms with Crippen molar-refractivity contribution >= 4 is 34.4 Å². The highest BCUT2D eigenvalue weighted by Gasteiger charge is 2.16. The van der Waals surface area contributed by atoms with Crippen LogP contribution >= 0.6 is 11.8 Å². The molecule has 0 aliphatic heterocycles. The summed E-state index contributed by atoms with van der Waals surface area (Å²) in [6.45, 7) is 5.93. The van der Waals surface area contributed by atoms with E-state index >= 15 is 0 Å². The second-order valence-electron chi connectivity index (χ2n) is 5.68. The molecule has 0 unspecified atom stereocenters. The van der Waals surface area contributed by atoms with Gasteiger partial charge in [-0.25, -0.2) is 4.98 Å². The standard InChI is InChI=1S/C18H19N3OS/c1-11-5-4-6-14(9-11)19-17(22)13(3)23-18-20-15-8-7-12(2)10-16(15)21-18/h4-10,13H,1-3H3,(H,19,22)(H,20,21)/t13-/m0/s1. The Morgan fingerprint density at radius 1 is 1.17 bits per heavy atom. The number of thioether (sulfide) groups is 1. The van der Waals surface area contributed by atoms with Crippen LogP contribution in [0.2, 0.25) is 0 Å². The maximum atomic E-state index is 12.3.